The highest BCUT2D eigenvalue weighted by Gasteiger charge is 2.84. The van der Waals surface area contributed by atoms with Crippen molar-refractivity contribution in [1.82, 2.24) is 4.90 Å². The summed E-state index contributed by atoms with van der Waals surface area (Å²) in [5, 5.41) is 23.4. The highest BCUT2D eigenvalue weighted by Crippen LogP contribution is 2.89. The number of ether oxygens (including phenoxy) is 2. The van der Waals surface area contributed by atoms with Crippen LogP contribution in [0.3, 0.4) is 0 Å². The van der Waals surface area contributed by atoms with Crippen molar-refractivity contribution in [3.8, 4) is 0 Å². The third kappa shape index (κ3) is 3.20. The zero-order valence-corrected chi connectivity index (χ0v) is 26.1. The molecule has 2 saturated heterocycles. The van der Waals surface area contributed by atoms with Gasteiger partial charge in [0, 0.05) is 18.5 Å². The SMILES string of the molecule is CC(C)[C@@H](OC(=O)N1CCC1)C1C[C@@H](C)[C@H]2C(O1)[C@H](O)[C@@]1(C)C3CC[C@H]4C(C)(C)[C@@H](O)CCC45CC35CCC21C. The molecule has 6 heteroatoms. The van der Waals surface area contributed by atoms with Crippen LogP contribution in [0.25, 0.3) is 0 Å². The van der Waals surface area contributed by atoms with Gasteiger partial charge in [-0.15, -0.1) is 0 Å². The molecule has 7 rings (SSSR count). The molecular formula is C34H55NO5. The zero-order chi connectivity index (χ0) is 28.6. The lowest BCUT2D eigenvalue weighted by Gasteiger charge is -2.63. The van der Waals surface area contributed by atoms with Gasteiger partial charge in [0.2, 0.25) is 0 Å². The van der Waals surface area contributed by atoms with Gasteiger partial charge in [-0.05, 0) is 109 Å². The molecule has 2 spiro atoms. The standard InChI is InChI=1S/C34H55NO5/c1-19(2)26(40-29(38)35-15-8-16-35)21-17-20(3)25-27(39-21)28(37)32(7)23-10-9-22-30(4,5)24(36)11-12-33(22)18-34(23,33)14-13-31(25,32)6/h19-28,36-37H,8-18H2,1-7H3/t20-,21?,22+,23?,24+,25+,26-,27?,28+,31?,32-,33?,34?/m1/s1. The molecule has 5 saturated carbocycles. The van der Waals surface area contributed by atoms with Crippen molar-refractivity contribution in [2.45, 2.75) is 137 Å². The maximum atomic E-state index is 12.8. The summed E-state index contributed by atoms with van der Waals surface area (Å²) in [4.78, 5) is 14.6. The van der Waals surface area contributed by atoms with Gasteiger partial charge in [-0.2, -0.15) is 0 Å². The first-order valence-corrected chi connectivity index (χ1v) is 16.7. The second-order valence-electron chi connectivity index (χ2n) is 17.0. The fourth-order valence-electron chi connectivity index (χ4n) is 12.9. The van der Waals surface area contributed by atoms with E-state index < -0.39 is 6.10 Å². The Morgan fingerprint density at radius 3 is 2.30 bits per heavy atom. The van der Waals surface area contributed by atoms with Gasteiger partial charge < -0.3 is 24.6 Å². The summed E-state index contributed by atoms with van der Waals surface area (Å²) in [6.45, 7) is 17.8. The summed E-state index contributed by atoms with van der Waals surface area (Å²) in [5.41, 5.74) is 0.464. The van der Waals surface area contributed by atoms with Crippen molar-refractivity contribution >= 4 is 6.09 Å². The number of hydrogen-bond donors (Lipinski definition) is 2. The Morgan fingerprint density at radius 2 is 1.65 bits per heavy atom. The molecule has 0 aromatic heterocycles. The molecule has 40 heavy (non-hydrogen) atoms. The topological polar surface area (TPSA) is 79.2 Å². The number of amides is 1. The summed E-state index contributed by atoms with van der Waals surface area (Å²) in [7, 11) is 0. The molecule has 5 aliphatic carbocycles. The maximum absolute atomic E-state index is 12.8. The van der Waals surface area contributed by atoms with Crippen LogP contribution in [0.4, 0.5) is 4.79 Å². The summed E-state index contributed by atoms with van der Waals surface area (Å²) < 4.78 is 13.1. The molecule has 6 unspecified atom stereocenters. The molecule has 7 aliphatic rings. The number of nitrogens with zero attached hydrogens (tertiary/aromatic N) is 1. The molecule has 226 valence electrons. The molecule has 13 atom stereocenters. The average Bonchev–Trinajstić information content (AvgIpc) is 3.48. The van der Waals surface area contributed by atoms with E-state index in [0.717, 1.165) is 51.6 Å². The third-order valence-electron chi connectivity index (χ3n) is 15.2. The van der Waals surface area contributed by atoms with E-state index in [4.69, 9.17) is 9.47 Å². The molecule has 2 N–H and O–H groups in total. The predicted octanol–water partition coefficient (Wildman–Crippen LogP) is 6.03. The van der Waals surface area contributed by atoms with Gasteiger partial charge >= 0.3 is 6.09 Å². The Kier molecular flexibility index (Phi) is 6.02. The molecule has 2 heterocycles. The quantitative estimate of drug-likeness (QED) is 0.443. The van der Waals surface area contributed by atoms with E-state index in [1.165, 1.54) is 19.3 Å². The van der Waals surface area contributed by atoms with Crippen LogP contribution in [-0.2, 0) is 9.47 Å². The van der Waals surface area contributed by atoms with E-state index in [1.807, 2.05) is 0 Å². The summed E-state index contributed by atoms with van der Waals surface area (Å²) in [6.07, 6.45) is 8.46. The molecule has 6 nitrogen and oxygen atoms in total. The van der Waals surface area contributed by atoms with Crippen molar-refractivity contribution in [1.29, 1.82) is 0 Å². The highest BCUT2D eigenvalue weighted by molar-refractivity contribution is 5.68. The number of likely N-dealkylation sites (tertiary alicyclic amines) is 1. The van der Waals surface area contributed by atoms with Crippen LogP contribution in [0.15, 0.2) is 0 Å². The summed E-state index contributed by atoms with van der Waals surface area (Å²) in [6, 6.07) is 0. The molecule has 2 aliphatic heterocycles. The molecular weight excluding hydrogens is 502 g/mol. The number of hydrogen-bond acceptors (Lipinski definition) is 5. The highest BCUT2D eigenvalue weighted by atomic mass is 16.6. The van der Waals surface area contributed by atoms with Crippen molar-refractivity contribution in [3.63, 3.8) is 0 Å². The van der Waals surface area contributed by atoms with Crippen LogP contribution in [0.2, 0.25) is 0 Å². The van der Waals surface area contributed by atoms with Gasteiger partial charge in [0.05, 0.1) is 24.4 Å². The molecule has 0 aromatic carbocycles. The lowest BCUT2D eigenvalue weighted by molar-refractivity contribution is -0.185. The van der Waals surface area contributed by atoms with Crippen molar-refractivity contribution in [2.24, 2.45) is 56.7 Å². The van der Waals surface area contributed by atoms with Gasteiger partial charge in [-0.1, -0.05) is 48.5 Å². The van der Waals surface area contributed by atoms with Gasteiger partial charge in [0.1, 0.15) is 6.10 Å². The number of carbonyl (C=O) groups excluding carboxylic acids is 1. The largest absolute Gasteiger partial charge is 0.443 e. The summed E-state index contributed by atoms with van der Waals surface area (Å²) in [5.74, 6) is 1.96. The van der Waals surface area contributed by atoms with Gasteiger partial charge in [0.15, 0.2) is 0 Å². The van der Waals surface area contributed by atoms with E-state index in [0.29, 0.717) is 34.5 Å². The van der Waals surface area contributed by atoms with Crippen LogP contribution in [0, 0.1) is 56.7 Å². The van der Waals surface area contributed by atoms with Crippen molar-refractivity contribution in [2.75, 3.05) is 13.1 Å². The molecule has 7 fully saturated rings. The first-order valence-electron chi connectivity index (χ1n) is 16.7. The lowest BCUT2D eigenvalue weighted by Crippen LogP contribution is -2.59. The normalized spacial score (nSPS) is 54.7. The number of fused-ring (bicyclic) bond motifs is 4. The Bertz CT molecular complexity index is 1060. The second kappa shape index (κ2) is 8.62. The first-order chi connectivity index (χ1) is 18.7. The second-order valence-corrected chi connectivity index (χ2v) is 17.0. The number of rotatable bonds is 3. The van der Waals surface area contributed by atoms with Crippen LogP contribution in [-0.4, -0.2) is 64.8 Å². The monoisotopic (exact) mass is 557 g/mol. The number of carbonyl (C=O) groups is 1. The smallest absolute Gasteiger partial charge is 0.410 e. The number of aliphatic hydroxyl groups excluding tert-OH is 2. The van der Waals surface area contributed by atoms with E-state index in [-0.39, 0.29) is 52.7 Å². The van der Waals surface area contributed by atoms with Crippen molar-refractivity contribution in [3.05, 3.63) is 0 Å². The first kappa shape index (κ1) is 28.0. The minimum Gasteiger partial charge on any atom is -0.443 e. The fourth-order valence-corrected chi connectivity index (χ4v) is 12.9. The molecule has 0 radical (unpaired) electrons. The average molecular weight is 558 g/mol. The third-order valence-corrected chi connectivity index (χ3v) is 15.2. The molecule has 1 amide bonds. The summed E-state index contributed by atoms with van der Waals surface area (Å²) >= 11 is 0. The van der Waals surface area contributed by atoms with Gasteiger partial charge in [-0.3, -0.25) is 0 Å². The van der Waals surface area contributed by atoms with Crippen LogP contribution in [0.5, 0.6) is 0 Å². The minimum atomic E-state index is -0.509. The van der Waals surface area contributed by atoms with Gasteiger partial charge in [0.25, 0.3) is 0 Å². The van der Waals surface area contributed by atoms with Crippen LogP contribution < -0.4 is 0 Å². The zero-order valence-electron chi connectivity index (χ0n) is 26.1. The van der Waals surface area contributed by atoms with E-state index in [1.54, 1.807) is 4.90 Å². The van der Waals surface area contributed by atoms with Crippen LogP contribution >= 0.6 is 0 Å². The van der Waals surface area contributed by atoms with E-state index >= 15 is 0 Å². The Labute approximate surface area is 241 Å². The molecule has 0 aromatic rings. The number of aliphatic hydroxyl groups is 2. The fraction of sp³-hybridized carbons (Fsp3) is 0.971. The minimum absolute atomic E-state index is 0.0269. The Balaban J connectivity index is 1.18. The van der Waals surface area contributed by atoms with E-state index in [2.05, 4.69) is 48.5 Å². The van der Waals surface area contributed by atoms with Gasteiger partial charge in [-0.25, -0.2) is 4.79 Å². The lowest BCUT2D eigenvalue weighted by atomic mass is 9.41. The van der Waals surface area contributed by atoms with Crippen molar-refractivity contribution < 1.29 is 24.5 Å². The Morgan fingerprint density at radius 1 is 0.975 bits per heavy atom. The van der Waals surface area contributed by atoms with E-state index in [9.17, 15) is 15.0 Å². The predicted molar refractivity (Wildman–Crippen MR) is 153 cm³/mol. The molecule has 0 bridgehead atoms. The maximum Gasteiger partial charge on any atom is 0.410 e. The Hall–Kier alpha value is -0.850. The van der Waals surface area contributed by atoms with Crippen LogP contribution in [0.1, 0.15) is 106 Å².